The molecule has 0 fully saturated rings. The minimum atomic E-state index is -4.74. The summed E-state index contributed by atoms with van der Waals surface area (Å²) in [6, 6.07) is 3.34. The van der Waals surface area contributed by atoms with E-state index in [0.717, 1.165) is 12.1 Å². The molecule has 0 atom stereocenters. The number of hydrogen-bond donors (Lipinski definition) is 1. The van der Waals surface area contributed by atoms with E-state index in [4.69, 9.17) is 9.47 Å². The maximum absolute atomic E-state index is 12.2. The van der Waals surface area contributed by atoms with Gasteiger partial charge < -0.3 is 9.47 Å². The van der Waals surface area contributed by atoms with Crippen LogP contribution in [0.2, 0.25) is 0 Å². The van der Waals surface area contributed by atoms with Gasteiger partial charge in [0.25, 0.3) is 10.1 Å². The molecule has 1 aromatic rings. The van der Waals surface area contributed by atoms with Crippen LogP contribution in [-0.4, -0.2) is 57.0 Å². The van der Waals surface area contributed by atoms with Crippen LogP contribution < -0.4 is 0 Å². The SMILES string of the molecule is CC(C)(C)CCOC(=O)c1ccc(C(=O)OCCC(C)(C)C)c(S(=O)(=O)O)c1.[LiH]. The molecule has 0 aromatic heterocycles. The Kier molecular flexibility index (Phi) is 10.1. The van der Waals surface area contributed by atoms with Gasteiger partial charge in [-0.3, -0.25) is 4.55 Å². The van der Waals surface area contributed by atoms with Crippen LogP contribution in [0.15, 0.2) is 23.1 Å². The van der Waals surface area contributed by atoms with Gasteiger partial charge in [0.05, 0.1) is 24.3 Å². The van der Waals surface area contributed by atoms with E-state index in [9.17, 15) is 22.6 Å². The summed E-state index contributed by atoms with van der Waals surface area (Å²) in [5.41, 5.74) is -0.497. The fourth-order valence-corrected chi connectivity index (χ4v) is 2.80. The first-order chi connectivity index (χ1) is 12.6. The number of ether oxygens (including phenoxy) is 2. The molecule has 0 spiro atoms. The molecule has 1 N–H and O–H groups in total. The van der Waals surface area contributed by atoms with E-state index in [0.29, 0.717) is 12.8 Å². The first-order valence-electron chi connectivity index (χ1n) is 9.06. The van der Waals surface area contributed by atoms with Crippen LogP contribution in [0.5, 0.6) is 0 Å². The normalized spacial score (nSPS) is 12.1. The Hall–Kier alpha value is -1.33. The van der Waals surface area contributed by atoms with Crippen molar-refractivity contribution in [3.05, 3.63) is 29.3 Å². The number of carbonyl (C=O) groups excluding carboxylic acids is 2. The zero-order valence-electron chi connectivity index (χ0n) is 17.4. The summed E-state index contributed by atoms with van der Waals surface area (Å²) in [6.45, 7) is 12.2. The molecule has 0 amide bonds. The Morgan fingerprint density at radius 2 is 1.34 bits per heavy atom. The minimum absolute atomic E-state index is 0. The summed E-state index contributed by atoms with van der Waals surface area (Å²) in [7, 11) is -4.74. The summed E-state index contributed by atoms with van der Waals surface area (Å²) in [5, 5.41) is 0. The third-order valence-corrected chi connectivity index (χ3v) is 4.78. The molecule has 1 rings (SSSR count). The van der Waals surface area contributed by atoms with E-state index in [-0.39, 0.29) is 54.0 Å². The van der Waals surface area contributed by atoms with Crippen molar-refractivity contribution in [1.82, 2.24) is 0 Å². The second-order valence-corrected chi connectivity index (χ2v) is 10.5. The molecule has 29 heavy (non-hydrogen) atoms. The van der Waals surface area contributed by atoms with Crippen molar-refractivity contribution < 1.29 is 32.0 Å². The van der Waals surface area contributed by atoms with Gasteiger partial charge in [0, 0.05) is 0 Å². The van der Waals surface area contributed by atoms with Crippen LogP contribution in [0.1, 0.15) is 75.1 Å². The van der Waals surface area contributed by atoms with Gasteiger partial charge in [0.1, 0.15) is 4.90 Å². The number of hydrogen-bond acceptors (Lipinski definition) is 6. The topological polar surface area (TPSA) is 107 Å². The quantitative estimate of drug-likeness (QED) is 0.407. The van der Waals surface area contributed by atoms with Crippen molar-refractivity contribution in [2.24, 2.45) is 10.8 Å². The van der Waals surface area contributed by atoms with Crippen LogP contribution >= 0.6 is 0 Å². The molecule has 0 unspecified atom stereocenters. The summed E-state index contributed by atoms with van der Waals surface area (Å²) in [5.74, 6) is -1.62. The standard InChI is InChI=1S/C20H30O7S.Li.H/c1-19(2,3)9-11-26-17(21)14-7-8-15(16(13-14)28(23,24)25)18(22)27-12-10-20(4,5)6;;/h7-8,13H,9-12H2,1-6H3,(H,23,24,25);;. The number of benzene rings is 1. The molecular formula is C20H31LiO7S. The fourth-order valence-electron chi connectivity index (χ4n) is 2.09. The van der Waals surface area contributed by atoms with Gasteiger partial charge in [0.2, 0.25) is 0 Å². The molecule has 9 heteroatoms. The van der Waals surface area contributed by atoms with E-state index in [1.165, 1.54) is 6.07 Å². The first-order valence-corrected chi connectivity index (χ1v) is 10.5. The zero-order chi connectivity index (χ0) is 21.8. The van der Waals surface area contributed by atoms with Crippen LogP contribution in [0.25, 0.3) is 0 Å². The molecule has 0 heterocycles. The van der Waals surface area contributed by atoms with Crippen molar-refractivity contribution in [2.75, 3.05) is 13.2 Å². The summed E-state index contributed by atoms with van der Waals surface area (Å²) in [6.07, 6.45) is 1.21. The average Bonchev–Trinajstić information content (AvgIpc) is 2.50. The Labute approximate surface area is 185 Å². The molecule has 7 nitrogen and oxygen atoms in total. The van der Waals surface area contributed by atoms with E-state index >= 15 is 0 Å². The second-order valence-electron chi connectivity index (χ2n) is 9.08. The molecule has 1 aromatic carbocycles. The zero-order valence-corrected chi connectivity index (χ0v) is 18.2. The molecule has 0 aliphatic carbocycles. The van der Waals surface area contributed by atoms with Gasteiger partial charge in [0.15, 0.2) is 0 Å². The van der Waals surface area contributed by atoms with Crippen LogP contribution in [0.3, 0.4) is 0 Å². The van der Waals surface area contributed by atoms with E-state index in [2.05, 4.69) is 0 Å². The van der Waals surface area contributed by atoms with Gasteiger partial charge in [-0.25, -0.2) is 9.59 Å². The number of rotatable bonds is 7. The number of esters is 2. The molecular weight excluding hydrogens is 391 g/mol. The monoisotopic (exact) mass is 422 g/mol. The van der Waals surface area contributed by atoms with Gasteiger partial charge in [-0.15, -0.1) is 0 Å². The molecule has 0 bridgehead atoms. The summed E-state index contributed by atoms with van der Waals surface area (Å²) >= 11 is 0. The van der Waals surface area contributed by atoms with Gasteiger partial charge in [-0.1, -0.05) is 41.5 Å². The Bertz CT molecular complexity index is 818. The first kappa shape index (κ1) is 27.7. The molecule has 0 saturated carbocycles. The third-order valence-electron chi connectivity index (χ3n) is 3.89. The van der Waals surface area contributed by atoms with Gasteiger partial charge in [-0.2, -0.15) is 8.42 Å². The molecule has 0 radical (unpaired) electrons. The average molecular weight is 422 g/mol. The van der Waals surface area contributed by atoms with E-state index in [1.807, 2.05) is 41.5 Å². The second kappa shape index (κ2) is 10.6. The van der Waals surface area contributed by atoms with Crippen molar-refractivity contribution in [1.29, 1.82) is 0 Å². The fraction of sp³-hybridized carbons (Fsp3) is 0.600. The summed E-state index contributed by atoms with van der Waals surface area (Å²) in [4.78, 5) is 23.7. The van der Waals surface area contributed by atoms with Crippen LogP contribution in [0, 0.1) is 10.8 Å². The predicted octanol–water partition coefficient (Wildman–Crippen LogP) is 3.47. The molecule has 0 aliphatic rings. The van der Waals surface area contributed by atoms with Crippen LogP contribution in [-0.2, 0) is 19.6 Å². The van der Waals surface area contributed by atoms with Crippen molar-refractivity contribution in [3.63, 3.8) is 0 Å². The summed E-state index contributed by atoms with van der Waals surface area (Å²) < 4.78 is 43.1. The number of carbonyl (C=O) groups is 2. The molecule has 0 aliphatic heterocycles. The van der Waals surface area contributed by atoms with Crippen molar-refractivity contribution in [2.45, 2.75) is 59.3 Å². The van der Waals surface area contributed by atoms with Gasteiger partial charge >= 0.3 is 30.8 Å². The van der Waals surface area contributed by atoms with Crippen LogP contribution in [0.4, 0.5) is 0 Å². The molecule has 0 saturated heterocycles. The Morgan fingerprint density at radius 1 is 0.897 bits per heavy atom. The van der Waals surface area contributed by atoms with Crippen molar-refractivity contribution >= 4 is 40.9 Å². The predicted molar refractivity (Wildman–Crippen MR) is 112 cm³/mol. The van der Waals surface area contributed by atoms with E-state index in [1.54, 1.807) is 0 Å². The molecule has 160 valence electrons. The third kappa shape index (κ3) is 10.3. The Morgan fingerprint density at radius 3 is 1.76 bits per heavy atom. The van der Waals surface area contributed by atoms with Gasteiger partial charge in [-0.05, 0) is 41.9 Å². The Balaban J connectivity index is 0.00000784. The maximum atomic E-state index is 12.2. The van der Waals surface area contributed by atoms with Crippen molar-refractivity contribution in [3.8, 4) is 0 Å². The van der Waals surface area contributed by atoms with E-state index < -0.39 is 27.0 Å².